The van der Waals surface area contributed by atoms with Gasteiger partial charge in [-0.15, -0.1) is 0 Å². The van der Waals surface area contributed by atoms with Crippen molar-refractivity contribution < 1.29 is 37.2 Å². The van der Waals surface area contributed by atoms with Crippen molar-refractivity contribution >= 4 is 29.2 Å². The minimum absolute atomic E-state index is 0.426. The Hall–Kier alpha value is -3.18. The van der Waals surface area contributed by atoms with Gasteiger partial charge in [-0.25, -0.2) is 0 Å². The average molecular weight is 391 g/mol. The molecule has 0 aliphatic rings. The molecule has 12 heteroatoms. The molecule has 1 aromatic rings. The summed E-state index contributed by atoms with van der Waals surface area (Å²) >= 11 is 0. The monoisotopic (exact) mass is 391 g/mol. The van der Waals surface area contributed by atoms with Gasteiger partial charge in [-0.3, -0.25) is 24.5 Å². The van der Waals surface area contributed by atoms with Crippen LogP contribution in [0.3, 0.4) is 0 Å². The van der Waals surface area contributed by atoms with E-state index in [1.165, 1.54) is 5.32 Å². The lowest BCUT2D eigenvalue weighted by Crippen LogP contribution is -2.34. The van der Waals surface area contributed by atoms with Gasteiger partial charge in [0, 0.05) is 23.4 Å². The second-order valence-electron chi connectivity index (χ2n) is 6.25. The molecule has 2 amide bonds. The van der Waals surface area contributed by atoms with Crippen molar-refractivity contribution in [1.82, 2.24) is 5.32 Å². The summed E-state index contributed by atoms with van der Waals surface area (Å²) in [6.07, 6.45) is -5.22. The highest BCUT2D eigenvalue weighted by molar-refractivity contribution is 6.00. The summed E-state index contributed by atoms with van der Waals surface area (Å²) in [5, 5.41) is 14.5. The molecule has 0 saturated heterocycles. The summed E-state index contributed by atoms with van der Waals surface area (Å²) in [6.45, 7) is 4.23. The summed E-state index contributed by atoms with van der Waals surface area (Å²) in [7, 11) is 0. The second kappa shape index (κ2) is 8.01. The summed E-state index contributed by atoms with van der Waals surface area (Å²) in [4.78, 5) is 44.5. The predicted molar refractivity (Wildman–Crippen MR) is 86.0 cm³/mol. The number of hydrogen-bond donors (Lipinski definition) is 2. The van der Waals surface area contributed by atoms with Gasteiger partial charge in [0.05, 0.1) is 4.92 Å². The van der Waals surface area contributed by atoms with E-state index in [1.807, 2.05) is 0 Å². The molecule has 1 aromatic carbocycles. The average Bonchev–Trinajstić information content (AvgIpc) is 2.49. The fourth-order valence-electron chi connectivity index (χ4n) is 1.75. The topological polar surface area (TPSA) is 128 Å². The van der Waals surface area contributed by atoms with Crippen LogP contribution < -0.4 is 10.6 Å². The van der Waals surface area contributed by atoms with E-state index >= 15 is 0 Å². The number of alkyl halides is 3. The number of nitro benzene ring substituents is 1. The van der Waals surface area contributed by atoms with Crippen LogP contribution >= 0.6 is 0 Å². The molecule has 9 nitrogen and oxygen atoms in total. The standard InChI is InChI=1S/C15H16F3N3O6/c1-14(2,3)27-11(22)7-19-12(23)8-4-9(6-10(5-8)21(25)26)20-13(24)15(16,17)18/h4-6H,7H2,1-3H3,(H,19,23)(H,20,24). The zero-order valence-corrected chi connectivity index (χ0v) is 14.5. The Morgan fingerprint density at radius 1 is 1.15 bits per heavy atom. The highest BCUT2D eigenvalue weighted by Crippen LogP contribution is 2.24. The first kappa shape index (κ1) is 21.9. The molecule has 0 bridgehead atoms. The number of anilines is 1. The third kappa shape index (κ3) is 7.30. The molecule has 27 heavy (non-hydrogen) atoms. The first-order valence-corrected chi connectivity index (χ1v) is 7.37. The van der Waals surface area contributed by atoms with Crippen molar-refractivity contribution in [3.8, 4) is 0 Å². The number of halogens is 3. The summed E-state index contributed by atoms with van der Waals surface area (Å²) < 4.78 is 41.9. The minimum atomic E-state index is -5.22. The fraction of sp³-hybridized carbons (Fsp3) is 0.400. The normalized spacial score (nSPS) is 11.5. The van der Waals surface area contributed by atoms with Crippen molar-refractivity contribution in [1.29, 1.82) is 0 Å². The van der Waals surface area contributed by atoms with Crippen LogP contribution in [0.15, 0.2) is 18.2 Å². The number of carbonyl (C=O) groups excluding carboxylic acids is 3. The molecule has 0 heterocycles. The van der Waals surface area contributed by atoms with Crippen molar-refractivity contribution in [2.24, 2.45) is 0 Å². The number of hydrogen-bond acceptors (Lipinski definition) is 6. The van der Waals surface area contributed by atoms with E-state index in [2.05, 4.69) is 5.32 Å². The number of non-ortho nitro benzene ring substituents is 1. The van der Waals surface area contributed by atoms with Crippen molar-refractivity contribution in [3.05, 3.63) is 33.9 Å². The Labute approximate surface area is 151 Å². The number of nitrogens with one attached hydrogen (secondary N) is 2. The molecular weight excluding hydrogens is 375 g/mol. The number of esters is 1. The summed E-state index contributed by atoms with van der Waals surface area (Å²) in [5.74, 6) is -4.12. The number of benzene rings is 1. The predicted octanol–water partition coefficient (Wildman–Crippen LogP) is 2.17. The minimum Gasteiger partial charge on any atom is -0.459 e. The first-order valence-electron chi connectivity index (χ1n) is 7.37. The lowest BCUT2D eigenvalue weighted by Gasteiger charge is -2.19. The van der Waals surface area contributed by atoms with E-state index in [-0.39, 0.29) is 0 Å². The van der Waals surface area contributed by atoms with Crippen LogP contribution in [-0.2, 0) is 14.3 Å². The number of nitrogens with zero attached hydrogens (tertiary/aromatic N) is 1. The van der Waals surface area contributed by atoms with Gasteiger partial charge in [-0.05, 0) is 26.8 Å². The fourth-order valence-corrected chi connectivity index (χ4v) is 1.75. The van der Waals surface area contributed by atoms with Crippen molar-refractivity contribution in [2.75, 3.05) is 11.9 Å². The Morgan fingerprint density at radius 2 is 1.74 bits per heavy atom. The molecule has 148 valence electrons. The Balaban J connectivity index is 2.98. The van der Waals surface area contributed by atoms with E-state index < -0.39 is 58.0 Å². The molecular formula is C15H16F3N3O6. The van der Waals surface area contributed by atoms with Crippen molar-refractivity contribution in [2.45, 2.75) is 32.5 Å². The van der Waals surface area contributed by atoms with Gasteiger partial charge in [0.1, 0.15) is 12.1 Å². The van der Waals surface area contributed by atoms with Crippen LogP contribution in [0.5, 0.6) is 0 Å². The number of nitro groups is 1. The lowest BCUT2D eigenvalue weighted by atomic mass is 10.1. The molecule has 0 unspecified atom stereocenters. The molecule has 0 spiro atoms. The first-order chi connectivity index (χ1) is 12.2. The van der Waals surface area contributed by atoms with E-state index in [0.29, 0.717) is 6.07 Å². The van der Waals surface area contributed by atoms with E-state index in [0.717, 1.165) is 12.1 Å². The maximum Gasteiger partial charge on any atom is 0.471 e. The molecule has 0 radical (unpaired) electrons. The van der Waals surface area contributed by atoms with E-state index in [9.17, 15) is 37.7 Å². The maximum absolute atomic E-state index is 12.3. The zero-order chi connectivity index (χ0) is 21.0. The van der Waals surface area contributed by atoms with Crippen LogP contribution in [0.2, 0.25) is 0 Å². The third-order valence-electron chi connectivity index (χ3n) is 2.72. The van der Waals surface area contributed by atoms with Gasteiger partial charge in [-0.2, -0.15) is 13.2 Å². The molecule has 0 aromatic heterocycles. The third-order valence-corrected chi connectivity index (χ3v) is 2.72. The molecule has 1 rings (SSSR count). The molecule has 0 fully saturated rings. The molecule has 0 aliphatic carbocycles. The quantitative estimate of drug-likeness (QED) is 0.450. The van der Waals surface area contributed by atoms with E-state index in [4.69, 9.17) is 4.74 Å². The molecule has 0 atom stereocenters. The van der Waals surface area contributed by atoms with Gasteiger partial charge in [0.15, 0.2) is 0 Å². The Morgan fingerprint density at radius 3 is 2.22 bits per heavy atom. The lowest BCUT2D eigenvalue weighted by molar-refractivity contribution is -0.384. The SMILES string of the molecule is CC(C)(C)OC(=O)CNC(=O)c1cc(NC(=O)C(F)(F)F)cc([N+](=O)[O-])c1. The van der Waals surface area contributed by atoms with Crippen LogP contribution in [0, 0.1) is 10.1 Å². The highest BCUT2D eigenvalue weighted by Gasteiger charge is 2.39. The van der Waals surface area contributed by atoms with Gasteiger partial charge in [0.25, 0.3) is 11.6 Å². The Kier molecular flexibility index (Phi) is 6.49. The van der Waals surface area contributed by atoms with Gasteiger partial charge < -0.3 is 15.4 Å². The molecule has 0 saturated carbocycles. The van der Waals surface area contributed by atoms with Gasteiger partial charge in [0.2, 0.25) is 0 Å². The van der Waals surface area contributed by atoms with Crippen molar-refractivity contribution in [3.63, 3.8) is 0 Å². The molecule has 2 N–H and O–H groups in total. The Bertz CT molecular complexity index is 771. The largest absolute Gasteiger partial charge is 0.471 e. The summed E-state index contributed by atoms with van der Waals surface area (Å²) in [6, 6.07) is 2.25. The number of amides is 2. The smallest absolute Gasteiger partial charge is 0.459 e. The van der Waals surface area contributed by atoms with Crippen LogP contribution in [0.4, 0.5) is 24.5 Å². The number of carbonyl (C=O) groups is 3. The number of rotatable bonds is 5. The van der Waals surface area contributed by atoms with Gasteiger partial charge in [-0.1, -0.05) is 0 Å². The number of ether oxygens (including phenoxy) is 1. The summed E-state index contributed by atoms with van der Waals surface area (Å²) in [5.41, 5.74) is -2.56. The van der Waals surface area contributed by atoms with E-state index in [1.54, 1.807) is 20.8 Å². The zero-order valence-electron chi connectivity index (χ0n) is 14.5. The molecule has 0 aliphatic heterocycles. The van der Waals surface area contributed by atoms with Crippen LogP contribution in [-0.4, -0.2) is 41.0 Å². The highest BCUT2D eigenvalue weighted by atomic mass is 19.4. The second-order valence-corrected chi connectivity index (χ2v) is 6.25. The van der Waals surface area contributed by atoms with Gasteiger partial charge >= 0.3 is 18.1 Å². The van der Waals surface area contributed by atoms with Crippen LogP contribution in [0.1, 0.15) is 31.1 Å². The van der Waals surface area contributed by atoms with Crippen LogP contribution in [0.25, 0.3) is 0 Å². The maximum atomic E-state index is 12.3.